The molecule has 5 nitrogen and oxygen atoms in total. The van der Waals surface area contributed by atoms with Crippen LogP contribution in [0.5, 0.6) is 5.75 Å². The number of hydrogen-bond acceptors (Lipinski definition) is 4. The second kappa shape index (κ2) is 8.63. The summed E-state index contributed by atoms with van der Waals surface area (Å²) in [6, 6.07) is 13.2. The summed E-state index contributed by atoms with van der Waals surface area (Å²) in [5.41, 5.74) is 3.04. The van der Waals surface area contributed by atoms with Gasteiger partial charge in [-0.05, 0) is 62.9 Å². The number of carbonyl (C=O) groups excluding carboxylic acids is 1. The van der Waals surface area contributed by atoms with Crippen molar-refractivity contribution in [1.82, 2.24) is 4.90 Å². The average Bonchev–Trinajstić information content (AvgIpc) is 2.64. The Labute approximate surface area is 165 Å². The lowest BCUT2D eigenvalue weighted by Crippen LogP contribution is -2.44. The third kappa shape index (κ3) is 5.15. The number of halogens is 1. The van der Waals surface area contributed by atoms with Gasteiger partial charge >= 0.3 is 0 Å². The lowest BCUT2D eigenvalue weighted by atomic mass is 10.1. The molecule has 1 N–H and O–H groups in total. The van der Waals surface area contributed by atoms with Gasteiger partial charge in [-0.1, -0.05) is 17.7 Å². The molecule has 2 aromatic carbocycles. The fraction of sp³-hybridized carbons (Fsp3) is 0.381. The van der Waals surface area contributed by atoms with Crippen LogP contribution in [-0.2, 0) is 4.79 Å². The van der Waals surface area contributed by atoms with Crippen LogP contribution in [-0.4, -0.2) is 50.1 Å². The van der Waals surface area contributed by atoms with Crippen molar-refractivity contribution in [1.29, 1.82) is 0 Å². The van der Waals surface area contributed by atoms with E-state index in [9.17, 15) is 4.79 Å². The number of rotatable bonds is 5. The Morgan fingerprint density at radius 1 is 1.15 bits per heavy atom. The number of aryl methyl sites for hydroxylation is 1. The molecule has 1 atom stereocenters. The maximum atomic E-state index is 12.5. The van der Waals surface area contributed by atoms with Gasteiger partial charge in [0.1, 0.15) is 5.75 Å². The minimum absolute atomic E-state index is 0.189. The van der Waals surface area contributed by atoms with E-state index in [-0.39, 0.29) is 5.91 Å². The van der Waals surface area contributed by atoms with E-state index >= 15 is 0 Å². The molecule has 0 spiro atoms. The summed E-state index contributed by atoms with van der Waals surface area (Å²) in [7, 11) is 2.15. The molecule has 1 saturated heterocycles. The van der Waals surface area contributed by atoms with Gasteiger partial charge in [0, 0.05) is 42.6 Å². The van der Waals surface area contributed by atoms with Gasteiger partial charge in [-0.3, -0.25) is 4.79 Å². The van der Waals surface area contributed by atoms with Gasteiger partial charge in [0.15, 0.2) is 6.10 Å². The third-order valence-electron chi connectivity index (χ3n) is 4.81. The summed E-state index contributed by atoms with van der Waals surface area (Å²) in [4.78, 5) is 17.2. The number of carbonyl (C=O) groups is 1. The van der Waals surface area contributed by atoms with E-state index in [1.54, 1.807) is 31.2 Å². The quantitative estimate of drug-likeness (QED) is 0.847. The van der Waals surface area contributed by atoms with Crippen molar-refractivity contribution in [2.75, 3.05) is 43.4 Å². The first kappa shape index (κ1) is 19.5. The van der Waals surface area contributed by atoms with Crippen LogP contribution in [0.4, 0.5) is 11.4 Å². The van der Waals surface area contributed by atoms with Crippen LogP contribution in [0.3, 0.4) is 0 Å². The zero-order chi connectivity index (χ0) is 19.4. The molecule has 0 aromatic heterocycles. The number of nitrogens with zero attached hydrogens (tertiary/aromatic N) is 2. The van der Waals surface area contributed by atoms with Crippen LogP contribution in [0.2, 0.25) is 5.02 Å². The van der Waals surface area contributed by atoms with Crippen molar-refractivity contribution in [3.8, 4) is 5.75 Å². The van der Waals surface area contributed by atoms with Crippen molar-refractivity contribution < 1.29 is 9.53 Å². The maximum Gasteiger partial charge on any atom is 0.265 e. The predicted molar refractivity (Wildman–Crippen MR) is 111 cm³/mol. The predicted octanol–water partition coefficient (Wildman–Crippen LogP) is 3.81. The Hall–Kier alpha value is -2.24. The second-order valence-electron chi connectivity index (χ2n) is 7.00. The van der Waals surface area contributed by atoms with Crippen LogP contribution in [0.15, 0.2) is 42.5 Å². The number of benzene rings is 2. The molecule has 144 valence electrons. The SMILES string of the molecule is Cc1cc(N2CCN(C)CC2)ccc1NC(=O)C(C)Oc1cccc(Cl)c1. The first-order valence-corrected chi connectivity index (χ1v) is 9.57. The highest BCUT2D eigenvalue weighted by Gasteiger charge is 2.18. The number of hydrogen-bond donors (Lipinski definition) is 1. The Kier molecular flexibility index (Phi) is 6.24. The molecule has 6 heteroatoms. The van der Waals surface area contributed by atoms with Crippen molar-refractivity contribution >= 4 is 28.9 Å². The van der Waals surface area contributed by atoms with Gasteiger partial charge in [0.05, 0.1) is 0 Å². The highest BCUT2D eigenvalue weighted by Crippen LogP contribution is 2.24. The van der Waals surface area contributed by atoms with Gasteiger partial charge < -0.3 is 19.9 Å². The van der Waals surface area contributed by atoms with E-state index in [1.165, 1.54) is 5.69 Å². The maximum absolute atomic E-state index is 12.5. The van der Waals surface area contributed by atoms with Gasteiger partial charge in [-0.15, -0.1) is 0 Å². The first-order chi connectivity index (χ1) is 12.9. The lowest BCUT2D eigenvalue weighted by molar-refractivity contribution is -0.122. The fourth-order valence-electron chi connectivity index (χ4n) is 3.08. The molecule has 1 unspecified atom stereocenters. The highest BCUT2D eigenvalue weighted by molar-refractivity contribution is 6.30. The normalized spacial score (nSPS) is 16.1. The molecule has 0 saturated carbocycles. The van der Waals surface area contributed by atoms with Gasteiger partial charge in [0.25, 0.3) is 5.91 Å². The summed E-state index contributed by atoms with van der Waals surface area (Å²) in [6.07, 6.45) is -0.625. The fourth-order valence-corrected chi connectivity index (χ4v) is 3.26. The monoisotopic (exact) mass is 387 g/mol. The van der Waals surface area contributed by atoms with Crippen LogP contribution < -0.4 is 15.0 Å². The van der Waals surface area contributed by atoms with Crippen LogP contribution in [0.1, 0.15) is 12.5 Å². The smallest absolute Gasteiger partial charge is 0.265 e. The van der Waals surface area contributed by atoms with E-state index in [0.29, 0.717) is 10.8 Å². The Bertz CT molecular complexity index is 804. The number of likely N-dealkylation sites (N-methyl/N-ethyl adjacent to an activating group) is 1. The molecule has 27 heavy (non-hydrogen) atoms. The molecule has 1 amide bonds. The lowest BCUT2D eigenvalue weighted by Gasteiger charge is -2.34. The minimum Gasteiger partial charge on any atom is -0.481 e. The van der Waals surface area contributed by atoms with E-state index in [0.717, 1.165) is 37.4 Å². The number of ether oxygens (including phenoxy) is 1. The summed E-state index contributed by atoms with van der Waals surface area (Å²) in [5.74, 6) is 0.387. The molecule has 0 aliphatic carbocycles. The second-order valence-corrected chi connectivity index (χ2v) is 7.43. The van der Waals surface area contributed by atoms with Crippen molar-refractivity contribution in [2.45, 2.75) is 20.0 Å². The molecule has 0 radical (unpaired) electrons. The van der Waals surface area contributed by atoms with E-state index < -0.39 is 6.10 Å². The minimum atomic E-state index is -0.625. The molecule has 3 rings (SSSR count). The van der Waals surface area contributed by atoms with Gasteiger partial charge in [-0.2, -0.15) is 0 Å². The van der Waals surface area contributed by atoms with Crippen molar-refractivity contribution in [3.05, 3.63) is 53.1 Å². The summed E-state index contributed by atoms with van der Waals surface area (Å²) in [5, 5.41) is 3.54. The average molecular weight is 388 g/mol. The van der Waals surface area contributed by atoms with Crippen LogP contribution in [0, 0.1) is 6.92 Å². The third-order valence-corrected chi connectivity index (χ3v) is 5.05. The van der Waals surface area contributed by atoms with Crippen molar-refractivity contribution in [3.63, 3.8) is 0 Å². The largest absolute Gasteiger partial charge is 0.481 e. The van der Waals surface area contributed by atoms with Crippen LogP contribution in [0.25, 0.3) is 0 Å². The molecule has 1 fully saturated rings. The number of amides is 1. The molecule has 2 aromatic rings. The zero-order valence-electron chi connectivity index (χ0n) is 16.0. The molecule has 1 aliphatic heterocycles. The molecular formula is C21H26ClN3O2. The Morgan fingerprint density at radius 3 is 2.56 bits per heavy atom. The summed E-state index contributed by atoms with van der Waals surface area (Å²) >= 11 is 5.96. The standard InChI is InChI=1S/C21H26ClN3O2/c1-15-13-18(25-11-9-24(3)10-12-25)7-8-20(15)23-21(26)16(2)27-19-6-4-5-17(22)14-19/h4-8,13-14,16H,9-12H2,1-3H3,(H,23,26). The summed E-state index contributed by atoms with van der Waals surface area (Å²) in [6.45, 7) is 7.91. The Morgan fingerprint density at radius 2 is 1.89 bits per heavy atom. The van der Waals surface area contributed by atoms with E-state index in [4.69, 9.17) is 16.3 Å². The van der Waals surface area contributed by atoms with E-state index in [2.05, 4.69) is 34.3 Å². The van der Waals surface area contributed by atoms with Gasteiger partial charge in [-0.25, -0.2) is 0 Å². The Balaban J connectivity index is 1.62. The van der Waals surface area contributed by atoms with E-state index in [1.807, 2.05) is 13.0 Å². The molecule has 1 heterocycles. The number of nitrogens with one attached hydrogen (secondary N) is 1. The molecular weight excluding hydrogens is 362 g/mol. The number of anilines is 2. The van der Waals surface area contributed by atoms with Gasteiger partial charge in [0.2, 0.25) is 0 Å². The topological polar surface area (TPSA) is 44.8 Å². The van der Waals surface area contributed by atoms with Crippen LogP contribution >= 0.6 is 11.6 Å². The molecule has 0 bridgehead atoms. The molecule has 1 aliphatic rings. The summed E-state index contributed by atoms with van der Waals surface area (Å²) < 4.78 is 5.69. The first-order valence-electron chi connectivity index (χ1n) is 9.19. The highest BCUT2D eigenvalue weighted by atomic mass is 35.5. The van der Waals surface area contributed by atoms with Crippen molar-refractivity contribution in [2.24, 2.45) is 0 Å². The zero-order valence-corrected chi connectivity index (χ0v) is 16.8. The number of piperazine rings is 1.